The summed E-state index contributed by atoms with van der Waals surface area (Å²) in [5.41, 5.74) is 6.14. The number of Topliss-reactive ketones (excluding diaryl/α,β-unsaturated/α-hetero) is 1. The molecule has 1 aromatic rings. The van der Waals surface area contributed by atoms with E-state index in [1.54, 1.807) is 0 Å². The number of hydrogen-bond donors (Lipinski definition) is 0. The molecular weight excluding hydrogens is 432 g/mol. The topological polar surface area (TPSA) is 26.3 Å². The van der Waals surface area contributed by atoms with Crippen molar-refractivity contribution in [2.24, 2.45) is 5.41 Å². The summed E-state index contributed by atoms with van der Waals surface area (Å²) < 4.78 is 6.10. The van der Waals surface area contributed by atoms with Gasteiger partial charge in [-0.15, -0.1) is 0 Å². The summed E-state index contributed by atoms with van der Waals surface area (Å²) in [5.74, 6) is 1.26. The molecule has 3 heteroatoms. The zero-order chi connectivity index (χ0) is 25.4. The lowest BCUT2D eigenvalue weighted by Crippen LogP contribution is -2.33. The molecule has 0 spiro atoms. The molecule has 2 rings (SSSR count). The Hall–Kier alpha value is -1.87. The maximum absolute atomic E-state index is 13.4. The predicted octanol–water partition coefficient (Wildman–Crippen LogP) is 8.70. The van der Waals surface area contributed by atoms with Gasteiger partial charge in [-0.3, -0.25) is 4.79 Å². The molecule has 0 radical (unpaired) electrons. The molecule has 0 heterocycles. The van der Waals surface area contributed by atoms with Crippen molar-refractivity contribution >= 4 is 15.5 Å². The summed E-state index contributed by atoms with van der Waals surface area (Å²) in [4.78, 5) is 13.4. The molecule has 1 atom stereocenters. The number of rotatable bonds is 11. The Bertz CT molecular complexity index is 925. The SMILES string of the molecule is CC(C)=CCCC(C)=CCCC(C)=CCCC1(C)CCc2cc(O[SiH2]C(C)(C)C)ccc2C1=O. The molecule has 2 nitrogen and oxygen atoms in total. The Morgan fingerprint density at radius 3 is 2.24 bits per heavy atom. The first-order chi connectivity index (χ1) is 15.9. The van der Waals surface area contributed by atoms with Gasteiger partial charge >= 0.3 is 0 Å². The van der Waals surface area contributed by atoms with E-state index < -0.39 is 9.76 Å². The number of aryl methyl sites for hydroxylation is 1. The molecule has 0 bridgehead atoms. The zero-order valence-corrected chi connectivity index (χ0v) is 24.6. The van der Waals surface area contributed by atoms with Gasteiger partial charge in [0.1, 0.15) is 5.75 Å². The highest BCUT2D eigenvalue weighted by Gasteiger charge is 2.37. The van der Waals surface area contributed by atoms with Gasteiger partial charge in [0.2, 0.25) is 9.76 Å². The fourth-order valence-corrected chi connectivity index (χ4v) is 5.23. The highest BCUT2D eigenvalue weighted by atomic mass is 28.2. The van der Waals surface area contributed by atoms with Gasteiger partial charge in [0.05, 0.1) is 0 Å². The van der Waals surface area contributed by atoms with Gasteiger partial charge in [0, 0.05) is 11.0 Å². The molecule has 0 fully saturated rings. The molecule has 0 N–H and O–H groups in total. The standard InChI is InChI=1S/C31H48O2Si/c1-23(2)12-9-13-24(3)14-10-15-25(4)16-11-20-31(8)21-19-26-22-27(33-34-30(5,6)7)17-18-28(26)29(31)32/h12,14,16-18,22H,9-11,13,15,19-21,34H2,1-8H3. The second-order valence-corrected chi connectivity index (χ2v) is 14.8. The molecule has 1 unspecified atom stereocenters. The number of ketones is 1. The molecule has 1 aliphatic rings. The second-order valence-electron chi connectivity index (χ2n) is 12.1. The van der Waals surface area contributed by atoms with Crippen LogP contribution in [0.25, 0.3) is 0 Å². The fourth-order valence-electron chi connectivity index (χ4n) is 4.45. The number of allylic oxidation sites excluding steroid dienone is 6. The van der Waals surface area contributed by atoms with E-state index in [0.29, 0.717) is 5.78 Å². The molecule has 1 aromatic carbocycles. The van der Waals surface area contributed by atoms with Gasteiger partial charge in [-0.25, -0.2) is 0 Å². The van der Waals surface area contributed by atoms with Crippen LogP contribution in [0.1, 0.15) is 116 Å². The van der Waals surface area contributed by atoms with Crippen molar-refractivity contribution in [3.05, 3.63) is 64.3 Å². The summed E-state index contributed by atoms with van der Waals surface area (Å²) in [6.07, 6.45) is 15.4. The zero-order valence-electron chi connectivity index (χ0n) is 23.1. The van der Waals surface area contributed by atoms with Gasteiger partial charge in [0.25, 0.3) is 0 Å². The van der Waals surface area contributed by atoms with Crippen LogP contribution in [0, 0.1) is 5.41 Å². The Balaban J connectivity index is 1.86. The molecule has 0 saturated carbocycles. The lowest BCUT2D eigenvalue weighted by Gasteiger charge is -2.33. The predicted molar refractivity (Wildman–Crippen MR) is 151 cm³/mol. The van der Waals surface area contributed by atoms with Crippen LogP contribution in [0.2, 0.25) is 5.04 Å². The first kappa shape index (κ1) is 28.4. The van der Waals surface area contributed by atoms with Crippen LogP contribution in [0.4, 0.5) is 0 Å². The Morgan fingerprint density at radius 2 is 1.62 bits per heavy atom. The minimum atomic E-state index is -0.643. The third-order valence-corrected chi connectivity index (χ3v) is 8.14. The third-order valence-electron chi connectivity index (χ3n) is 6.80. The van der Waals surface area contributed by atoms with E-state index >= 15 is 0 Å². The van der Waals surface area contributed by atoms with Crippen molar-refractivity contribution < 1.29 is 9.22 Å². The number of carbonyl (C=O) groups is 1. The first-order valence-electron chi connectivity index (χ1n) is 13.1. The number of carbonyl (C=O) groups excluding carboxylic acids is 1. The average Bonchev–Trinajstić information content (AvgIpc) is 2.74. The van der Waals surface area contributed by atoms with Crippen LogP contribution in [0.3, 0.4) is 0 Å². The molecule has 0 amide bonds. The largest absolute Gasteiger partial charge is 0.549 e. The van der Waals surface area contributed by atoms with Crippen molar-refractivity contribution in [1.29, 1.82) is 0 Å². The summed E-state index contributed by atoms with van der Waals surface area (Å²) in [6.45, 7) is 17.6. The van der Waals surface area contributed by atoms with Crippen LogP contribution in [0.15, 0.2) is 53.1 Å². The van der Waals surface area contributed by atoms with E-state index in [0.717, 1.165) is 62.7 Å². The van der Waals surface area contributed by atoms with Gasteiger partial charge in [-0.1, -0.05) is 62.6 Å². The van der Waals surface area contributed by atoms with Gasteiger partial charge < -0.3 is 4.43 Å². The quantitative estimate of drug-likeness (QED) is 0.234. The molecular formula is C31H48O2Si. The number of benzene rings is 1. The van der Waals surface area contributed by atoms with Crippen LogP contribution in [0.5, 0.6) is 5.75 Å². The molecule has 0 saturated heterocycles. The number of hydrogen-bond acceptors (Lipinski definition) is 2. The van der Waals surface area contributed by atoms with Crippen molar-refractivity contribution in [2.45, 2.75) is 112 Å². The lowest BCUT2D eigenvalue weighted by atomic mass is 9.69. The van der Waals surface area contributed by atoms with Gasteiger partial charge in [-0.05, 0) is 108 Å². The molecule has 34 heavy (non-hydrogen) atoms. The highest BCUT2D eigenvalue weighted by molar-refractivity contribution is 6.32. The average molecular weight is 481 g/mol. The van der Waals surface area contributed by atoms with Crippen molar-refractivity contribution in [3.63, 3.8) is 0 Å². The minimum Gasteiger partial charge on any atom is -0.549 e. The van der Waals surface area contributed by atoms with Crippen molar-refractivity contribution in [1.82, 2.24) is 0 Å². The highest BCUT2D eigenvalue weighted by Crippen LogP contribution is 2.40. The summed E-state index contributed by atoms with van der Waals surface area (Å²) >= 11 is 0. The molecule has 0 aromatic heterocycles. The molecule has 188 valence electrons. The van der Waals surface area contributed by atoms with Gasteiger partial charge in [0.15, 0.2) is 5.78 Å². The van der Waals surface area contributed by atoms with Gasteiger partial charge in [-0.2, -0.15) is 0 Å². The Kier molecular flexibility index (Phi) is 10.6. The van der Waals surface area contributed by atoms with Crippen LogP contribution in [-0.4, -0.2) is 15.5 Å². The van der Waals surface area contributed by atoms with E-state index in [9.17, 15) is 4.79 Å². The summed E-state index contributed by atoms with van der Waals surface area (Å²) in [7, 11) is -0.643. The molecule has 1 aliphatic carbocycles. The maximum Gasteiger partial charge on any atom is 0.224 e. The van der Waals surface area contributed by atoms with Crippen molar-refractivity contribution in [3.8, 4) is 5.75 Å². The summed E-state index contributed by atoms with van der Waals surface area (Å²) in [6, 6.07) is 6.13. The van der Waals surface area contributed by atoms with Crippen LogP contribution < -0.4 is 4.43 Å². The Morgan fingerprint density at radius 1 is 1.00 bits per heavy atom. The maximum atomic E-state index is 13.4. The van der Waals surface area contributed by atoms with E-state index in [1.807, 2.05) is 12.1 Å². The lowest BCUT2D eigenvalue weighted by molar-refractivity contribution is 0.0771. The molecule has 0 aliphatic heterocycles. The van der Waals surface area contributed by atoms with E-state index in [4.69, 9.17) is 4.43 Å². The third kappa shape index (κ3) is 9.41. The van der Waals surface area contributed by atoms with E-state index in [2.05, 4.69) is 79.7 Å². The van der Waals surface area contributed by atoms with E-state index in [-0.39, 0.29) is 10.5 Å². The summed E-state index contributed by atoms with van der Waals surface area (Å²) in [5, 5.41) is 0.260. The van der Waals surface area contributed by atoms with Crippen LogP contribution >= 0.6 is 0 Å². The minimum absolute atomic E-state index is 0.256. The monoisotopic (exact) mass is 480 g/mol. The normalized spacial score (nSPS) is 19.5. The smallest absolute Gasteiger partial charge is 0.224 e. The Labute approximate surface area is 211 Å². The fraction of sp³-hybridized carbons (Fsp3) is 0.581. The number of fused-ring (bicyclic) bond motifs is 1. The second kappa shape index (κ2) is 12.7. The van der Waals surface area contributed by atoms with Crippen LogP contribution in [-0.2, 0) is 6.42 Å². The first-order valence-corrected chi connectivity index (χ1v) is 14.4. The van der Waals surface area contributed by atoms with Crippen molar-refractivity contribution in [2.75, 3.05) is 0 Å². The van der Waals surface area contributed by atoms with E-state index in [1.165, 1.54) is 22.3 Å².